The molecule has 0 bridgehead atoms. The molecule has 2 rings (SSSR count). The normalized spacial score (nSPS) is 9.67. The average molecular weight is 231 g/mol. The predicted molar refractivity (Wildman–Crippen MR) is 50.5 cm³/mol. The number of halogens is 1. The Morgan fingerprint density at radius 1 is 1.58 bits per heavy atom. The van der Waals surface area contributed by atoms with Crippen LogP contribution in [0.1, 0.15) is 0 Å². The van der Waals surface area contributed by atoms with E-state index < -0.39 is 0 Å². The second kappa shape index (κ2) is 2.98. The highest BCUT2D eigenvalue weighted by Crippen LogP contribution is 1.96. The first kappa shape index (κ1) is 8.79. The number of fused-ring (bicyclic) bond motifs is 1. The largest absolute Gasteiger partial charge is 0.368 e. The van der Waals surface area contributed by atoms with Crippen molar-refractivity contribution < 1.29 is 0 Å². The molecule has 0 aliphatic carbocycles. The summed E-state index contributed by atoms with van der Waals surface area (Å²) in [6.45, 7) is 0. The first-order valence-corrected chi connectivity index (χ1v) is 3.09. The fraction of sp³-hybridized carbons (Fsp3) is 0. The highest BCUT2D eigenvalue weighted by Gasteiger charge is 1.95. The second-order valence-electron chi connectivity index (χ2n) is 2.20. The number of pyridine rings is 1. The van der Waals surface area contributed by atoms with Crippen molar-refractivity contribution in [2.24, 2.45) is 0 Å². The second-order valence-corrected chi connectivity index (χ2v) is 2.20. The van der Waals surface area contributed by atoms with Crippen LogP contribution in [0.5, 0.6) is 0 Å². The predicted octanol–water partition coefficient (Wildman–Crippen LogP) is 0.183. The van der Waals surface area contributed by atoms with Gasteiger partial charge >= 0.3 is 0 Å². The van der Waals surface area contributed by atoms with Crippen LogP contribution in [0, 0.1) is 0 Å². The lowest BCUT2D eigenvalue weighted by Crippen LogP contribution is -1.98. The molecular formula is C6H7BrN4O. The average Bonchev–Trinajstić information content (AvgIpc) is 2.27. The van der Waals surface area contributed by atoms with Crippen LogP contribution < -0.4 is 11.2 Å². The van der Waals surface area contributed by atoms with Crippen LogP contribution in [0.3, 0.4) is 0 Å². The van der Waals surface area contributed by atoms with Crippen LogP contribution in [0.2, 0.25) is 0 Å². The molecule has 0 saturated carbocycles. The van der Waals surface area contributed by atoms with Crippen molar-refractivity contribution in [2.45, 2.75) is 0 Å². The Hall–Kier alpha value is -1.30. The highest BCUT2D eigenvalue weighted by molar-refractivity contribution is 8.93. The number of nitrogens with zero attached hydrogens (tertiary/aromatic N) is 2. The first-order valence-electron chi connectivity index (χ1n) is 3.09. The van der Waals surface area contributed by atoms with Crippen LogP contribution in [0.25, 0.3) is 5.65 Å². The van der Waals surface area contributed by atoms with Crippen molar-refractivity contribution in [3.8, 4) is 0 Å². The van der Waals surface area contributed by atoms with Crippen molar-refractivity contribution in [1.29, 1.82) is 0 Å². The van der Waals surface area contributed by atoms with Gasteiger partial charge in [0.25, 0.3) is 0 Å². The first-order chi connectivity index (χ1) is 5.25. The van der Waals surface area contributed by atoms with E-state index in [2.05, 4.69) is 10.1 Å². The fourth-order valence-electron chi connectivity index (χ4n) is 0.922. The number of aromatic amines is 1. The monoisotopic (exact) mass is 230 g/mol. The van der Waals surface area contributed by atoms with E-state index >= 15 is 0 Å². The molecule has 0 aliphatic rings. The van der Waals surface area contributed by atoms with Crippen molar-refractivity contribution in [3.63, 3.8) is 0 Å². The molecule has 0 unspecified atom stereocenters. The molecule has 0 saturated heterocycles. The maximum atomic E-state index is 10.8. The van der Waals surface area contributed by atoms with E-state index in [-0.39, 0.29) is 22.4 Å². The Labute approximate surface area is 78.0 Å². The van der Waals surface area contributed by atoms with Gasteiger partial charge in [0.05, 0.1) is 0 Å². The molecule has 12 heavy (non-hydrogen) atoms. The Morgan fingerprint density at radius 3 is 3.08 bits per heavy atom. The van der Waals surface area contributed by atoms with Gasteiger partial charge in [0.15, 0.2) is 11.1 Å². The van der Waals surface area contributed by atoms with Crippen molar-refractivity contribution in [1.82, 2.24) is 14.6 Å². The van der Waals surface area contributed by atoms with E-state index in [4.69, 9.17) is 5.73 Å². The zero-order valence-electron chi connectivity index (χ0n) is 6.02. The summed E-state index contributed by atoms with van der Waals surface area (Å²) < 4.78 is 1.58. The van der Waals surface area contributed by atoms with Crippen molar-refractivity contribution in [3.05, 3.63) is 28.6 Å². The molecular weight excluding hydrogens is 224 g/mol. The minimum atomic E-state index is -0.0727. The molecule has 0 aliphatic heterocycles. The van der Waals surface area contributed by atoms with Gasteiger partial charge in [0.2, 0.25) is 5.95 Å². The number of nitrogen functional groups attached to an aromatic ring is 1. The number of rotatable bonds is 0. The lowest BCUT2D eigenvalue weighted by atomic mass is 10.5. The summed E-state index contributed by atoms with van der Waals surface area (Å²) in [7, 11) is 0. The molecule has 0 spiro atoms. The molecule has 2 aromatic heterocycles. The minimum absolute atomic E-state index is 0. The molecule has 3 N–H and O–H groups in total. The Morgan fingerprint density at radius 2 is 2.33 bits per heavy atom. The summed E-state index contributed by atoms with van der Waals surface area (Å²) in [4.78, 5) is 14.6. The van der Waals surface area contributed by atoms with Gasteiger partial charge in [0, 0.05) is 18.3 Å². The fourth-order valence-corrected chi connectivity index (χ4v) is 0.922. The standard InChI is InChI=1S/C6H6N4O.BrH/c7-6-8-5-3-4(11)1-2-10(5)9-6;/h1-3H,(H3,7,8,9);1H. The molecule has 2 heterocycles. The summed E-state index contributed by atoms with van der Waals surface area (Å²) in [5, 5.41) is 2.73. The van der Waals surface area contributed by atoms with Gasteiger partial charge in [-0.2, -0.15) is 4.98 Å². The lowest BCUT2D eigenvalue weighted by Gasteiger charge is -1.86. The van der Waals surface area contributed by atoms with Crippen LogP contribution in [0.15, 0.2) is 23.1 Å². The minimum Gasteiger partial charge on any atom is -0.368 e. The number of hydrogen-bond acceptors (Lipinski definition) is 3. The zero-order valence-corrected chi connectivity index (χ0v) is 7.73. The van der Waals surface area contributed by atoms with Gasteiger partial charge in [-0.25, -0.2) is 4.52 Å². The molecule has 0 aromatic carbocycles. The van der Waals surface area contributed by atoms with E-state index in [0.29, 0.717) is 11.6 Å². The Kier molecular flexibility index (Phi) is 2.18. The third-order valence-corrected chi connectivity index (χ3v) is 1.38. The van der Waals surface area contributed by atoms with E-state index in [1.54, 1.807) is 10.7 Å². The number of hydrogen-bond donors (Lipinski definition) is 2. The SMILES string of the molecule is Br.Nc1nc2cc(=O)ccn2[nH]1. The van der Waals surface area contributed by atoms with Gasteiger partial charge < -0.3 is 5.73 Å². The van der Waals surface area contributed by atoms with Crippen molar-refractivity contribution in [2.75, 3.05) is 5.73 Å². The quantitative estimate of drug-likeness (QED) is 0.679. The Bertz CT molecular complexity index is 446. The highest BCUT2D eigenvalue weighted by atomic mass is 79.9. The summed E-state index contributed by atoms with van der Waals surface area (Å²) >= 11 is 0. The smallest absolute Gasteiger partial charge is 0.214 e. The van der Waals surface area contributed by atoms with E-state index in [0.717, 1.165) is 0 Å². The summed E-state index contributed by atoms with van der Waals surface area (Å²) in [6.07, 6.45) is 1.58. The van der Waals surface area contributed by atoms with Gasteiger partial charge in [-0.05, 0) is 0 Å². The van der Waals surface area contributed by atoms with E-state index in [9.17, 15) is 4.79 Å². The van der Waals surface area contributed by atoms with Gasteiger partial charge in [-0.3, -0.25) is 9.89 Å². The van der Waals surface area contributed by atoms with E-state index in [1.807, 2.05) is 0 Å². The van der Waals surface area contributed by atoms with Gasteiger partial charge in [-0.1, -0.05) is 0 Å². The van der Waals surface area contributed by atoms with Crippen LogP contribution in [0.4, 0.5) is 5.95 Å². The van der Waals surface area contributed by atoms with Crippen LogP contribution in [-0.2, 0) is 0 Å². The summed E-state index contributed by atoms with van der Waals surface area (Å²) in [5.74, 6) is 0.301. The van der Waals surface area contributed by atoms with Crippen LogP contribution >= 0.6 is 17.0 Å². The molecule has 0 amide bonds. The molecule has 64 valence electrons. The van der Waals surface area contributed by atoms with Gasteiger partial charge in [0.1, 0.15) is 0 Å². The number of H-pyrrole nitrogens is 1. The maximum Gasteiger partial charge on any atom is 0.214 e. The molecule has 0 radical (unpaired) electrons. The molecule has 0 fully saturated rings. The zero-order chi connectivity index (χ0) is 7.84. The number of nitrogens with one attached hydrogen (secondary N) is 1. The number of anilines is 1. The Balaban J connectivity index is 0.000000720. The molecule has 5 nitrogen and oxygen atoms in total. The maximum absolute atomic E-state index is 10.8. The third-order valence-electron chi connectivity index (χ3n) is 1.38. The summed E-state index contributed by atoms with van der Waals surface area (Å²) in [6, 6.07) is 2.84. The van der Waals surface area contributed by atoms with Crippen molar-refractivity contribution >= 4 is 28.6 Å². The number of aromatic nitrogens is 3. The van der Waals surface area contributed by atoms with Crippen LogP contribution in [-0.4, -0.2) is 14.6 Å². The van der Waals surface area contributed by atoms with E-state index in [1.165, 1.54) is 12.1 Å². The molecule has 0 atom stereocenters. The summed E-state index contributed by atoms with van der Waals surface area (Å²) in [5.41, 5.74) is 5.82. The lowest BCUT2D eigenvalue weighted by molar-refractivity contribution is 0.965. The third kappa shape index (κ3) is 1.33. The molecule has 6 heteroatoms. The topological polar surface area (TPSA) is 76.2 Å². The molecule has 2 aromatic rings. The van der Waals surface area contributed by atoms with Gasteiger partial charge in [-0.15, -0.1) is 17.0 Å². The number of nitrogens with two attached hydrogens (primary N) is 1.